The molecule has 0 spiro atoms. The molecule has 1 aromatic rings. The third-order valence-electron chi connectivity index (χ3n) is 3.32. The molecule has 1 amide bonds. The Morgan fingerprint density at radius 1 is 1.21 bits per heavy atom. The number of carbonyl (C=O) groups is 1. The van der Waals surface area contributed by atoms with Crippen molar-refractivity contribution in [1.29, 1.82) is 0 Å². The van der Waals surface area contributed by atoms with Crippen LogP contribution in [0.15, 0.2) is 30.3 Å². The Morgan fingerprint density at radius 2 is 1.89 bits per heavy atom. The predicted molar refractivity (Wildman–Crippen MR) is 69.7 cm³/mol. The molecule has 4 atom stereocenters. The van der Waals surface area contributed by atoms with Crippen molar-refractivity contribution in [1.82, 2.24) is 5.32 Å². The van der Waals surface area contributed by atoms with Crippen LogP contribution >= 0.6 is 0 Å². The predicted octanol–water partition coefficient (Wildman–Crippen LogP) is 0.454. The van der Waals surface area contributed by atoms with Crippen LogP contribution in [0.5, 0.6) is 5.75 Å². The molecule has 1 saturated carbocycles. The first kappa shape index (κ1) is 13.8. The highest BCUT2D eigenvalue weighted by Gasteiger charge is 2.39. The van der Waals surface area contributed by atoms with Gasteiger partial charge in [-0.25, -0.2) is 0 Å². The van der Waals surface area contributed by atoms with Gasteiger partial charge in [-0.15, -0.1) is 0 Å². The Balaban J connectivity index is 1.97. The average Bonchev–Trinajstić information content (AvgIpc) is 2.39. The van der Waals surface area contributed by atoms with Gasteiger partial charge < -0.3 is 20.3 Å². The highest BCUT2D eigenvalue weighted by Crippen LogP contribution is 2.24. The normalized spacial score (nSPS) is 30.7. The van der Waals surface area contributed by atoms with E-state index in [1.807, 2.05) is 18.2 Å². The first-order valence-electron chi connectivity index (χ1n) is 6.43. The molecule has 0 radical (unpaired) electrons. The van der Waals surface area contributed by atoms with E-state index >= 15 is 0 Å². The van der Waals surface area contributed by atoms with Gasteiger partial charge in [-0.3, -0.25) is 4.79 Å². The number of aliphatic hydroxyl groups is 2. The lowest BCUT2D eigenvalue weighted by atomic mass is 9.87. The number of amides is 1. The summed E-state index contributed by atoms with van der Waals surface area (Å²) in [6.45, 7) is 1.39. The number of aliphatic hydroxyl groups excluding tert-OH is 2. The van der Waals surface area contributed by atoms with Gasteiger partial charge in [0.2, 0.25) is 5.91 Å². The monoisotopic (exact) mass is 265 g/mol. The van der Waals surface area contributed by atoms with Crippen LogP contribution in [-0.2, 0) is 4.79 Å². The lowest BCUT2D eigenvalue weighted by molar-refractivity contribution is -0.125. The van der Waals surface area contributed by atoms with Crippen molar-refractivity contribution >= 4 is 5.91 Å². The van der Waals surface area contributed by atoms with Crippen LogP contribution < -0.4 is 10.1 Å². The molecule has 0 saturated heterocycles. The van der Waals surface area contributed by atoms with E-state index in [1.54, 1.807) is 12.1 Å². The highest BCUT2D eigenvalue weighted by atomic mass is 16.5. The maximum atomic E-state index is 11.0. The van der Waals surface area contributed by atoms with E-state index in [-0.39, 0.29) is 5.91 Å². The van der Waals surface area contributed by atoms with Gasteiger partial charge in [0.05, 0.1) is 6.04 Å². The van der Waals surface area contributed by atoms with Crippen LogP contribution in [0.1, 0.15) is 19.8 Å². The fraction of sp³-hybridized carbons (Fsp3) is 0.500. The van der Waals surface area contributed by atoms with Crippen LogP contribution in [0.4, 0.5) is 0 Å². The molecule has 1 aliphatic carbocycles. The van der Waals surface area contributed by atoms with Crippen LogP contribution in [0.25, 0.3) is 0 Å². The number of carbonyl (C=O) groups excluding carboxylic acids is 1. The molecule has 0 heterocycles. The van der Waals surface area contributed by atoms with E-state index in [0.29, 0.717) is 18.6 Å². The molecule has 1 fully saturated rings. The number of hydrogen-bond donors (Lipinski definition) is 3. The summed E-state index contributed by atoms with van der Waals surface area (Å²) in [5, 5.41) is 22.7. The smallest absolute Gasteiger partial charge is 0.217 e. The van der Waals surface area contributed by atoms with Gasteiger partial charge in [-0.05, 0) is 25.0 Å². The molecule has 19 heavy (non-hydrogen) atoms. The van der Waals surface area contributed by atoms with Gasteiger partial charge in [0.25, 0.3) is 0 Å². The fourth-order valence-electron chi connectivity index (χ4n) is 2.36. The maximum absolute atomic E-state index is 11.0. The summed E-state index contributed by atoms with van der Waals surface area (Å²) < 4.78 is 5.67. The Labute approximate surface area is 112 Å². The largest absolute Gasteiger partial charge is 0.488 e. The Hall–Kier alpha value is -1.59. The summed E-state index contributed by atoms with van der Waals surface area (Å²) in [6, 6.07) is 8.77. The Bertz CT molecular complexity index is 423. The fourth-order valence-corrected chi connectivity index (χ4v) is 2.36. The first-order chi connectivity index (χ1) is 9.08. The lowest BCUT2D eigenvalue weighted by Crippen LogP contribution is -2.56. The molecular weight excluding hydrogens is 246 g/mol. The number of ether oxygens (including phenoxy) is 1. The highest BCUT2D eigenvalue weighted by molar-refractivity contribution is 5.73. The number of rotatable bonds is 3. The molecule has 5 nitrogen and oxygen atoms in total. The second-order valence-corrected chi connectivity index (χ2v) is 4.83. The van der Waals surface area contributed by atoms with E-state index in [0.717, 1.165) is 0 Å². The Kier molecular flexibility index (Phi) is 4.39. The number of nitrogens with one attached hydrogen (secondary N) is 1. The zero-order valence-electron chi connectivity index (χ0n) is 10.8. The van der Waals surface area contributed by atoms with Crippen molar-refractivity contribution in [3.8, 4) is 5.75 Å². The summed E-state index contributed by atoms with van der Waals surface area (Å²) in [5.41, 5.74) is 0. The van der Waals surface area contributed by atoms with E-state index in [9.17, 15) is 15.0 Å². The molecule has 0 bridgehead atoms. The van der Waals surface area contributed by atoms with Crippen LogP contribution in [-0.4, -0.2) is 40.5 Å². The second kappa shape index (κ2) is 6.04. The van der Waals surface area contributed by atoms with E-state index in [1.165, 1.54) is 6.92 Å². The van der Waals surface area contributed by atoms with Gasteiger partial charge >= 0.3 is 0 Å². The van der Waals surface area contributed by atoms with Crippen molar-refractivity contribution in [3.05, 3.63) is 30.3 Å². The van der Waals surface area contributed by atoms with Gasteiger partial charge in [-0.1, -0.05) is 18.2 Å². The van der Waals surface area contributed by atoms with Crippen LogP contribution in [0, 0.1) is 0 Å². The maximum Gasteiger partial charge on any atom is 0.217 e. The average molecular weight is 265 g/mol. The SMILES string of the molecule is CC(=O)N[C@@H]1CC[C@@H](Oc2ccccc2)[C@@H](O)[C@@H]1O. The first-order valence-corrected chi connectivity index (χ1v) is 6.43. The number of benzene rings is 1. The van der Waals surface area contributed by atoms with Crippen molar-refractivity contribution in [2.45, 2.75) is 44.1 Å². The molecule has 0 unspecified atom stereocenters. The van der Waals surface area contributed by atoms with Crippen molar-refractivity contribution in [2.24, 2.45) is 0 Å². The molecule has 104 valence electrons. The van der Waals surface area contributed by atoms with E-state index in [2.05, 4.69) is 5.32 Å². The summed E-state index contributed by atoms with van der Waals surface area (Å²) >= 11 is 0. The minimum absolute atomic E-state index is 0.210. The molecule has 1 aromatic carbocycles. The van der Waals surface area contributed by atoms with E-state index < -0.39 is 24.4 Å². The standard InChI is InChI=1S/C14H19NO4/c1-9(16)15-11-7-8-12(14(18)13(11)17)19-10-5-3-2-4-6-10/h2-6,11-14,17-18H,7-8H2,1H3,(H,15,16)/t11-,12-,13-,14-/m1/s1. The molecule has 5 heteroatoms. The topological polar surface area (TPSA) is 78.8 Å². The molecule has 0 aliphatic heterocycles. The van der Waals surface area contributed by atoms with Gasteiger partial charge in [-0.2, -0.15) is 0 Å². The van der Waals surface area contributed by atoms with E-state index in [4.69, 9.17) is 4.74 Å². The van der Waals surface area contributed by atoms with Crippen molar-refractivity contribution < 1.29 is 19.7 Å². The van der Waals surface area contributed by atoms with Crippen LogP contribution in [0.2, 0.25) is 0 Å². The number of hydrogen-bond acceptors (Lipinski definition) is 4. The molecule has 2 rings (SSSR count). The zero-order chi connectivity index (χ0) is 13.8. The van der Waals surface area contributed by atoms with Crippen molar-refractivity contribution in [3.63, 3.8) is 0 Å². The lowest BCUT2D eigenvalue weighted by Gasteiger charge is -2.37. The van der Waals surface area contributed by atoms with Crippen molar-refractivity contribution in [2.75, 3.05) is 0 Å². The van der Waals surface area contributed by atoms with Gasteiger partial charge in [0.1, 0.15) is 24.1 Å². The quantitative estimate of drug-likeness (QED) is 0.741. The van der Waals surface area contributed by atoms with Crippen LogP contribution in [0.3, 0.4) is 0 Å². The number of para-hydroxylation sites is 1. The second-order valence-electron chi connectivity index (χ2n) is 4.83. The molecule has 3 N–H and O–H groups in total. The van der Waals surface area contributed by atoms with Gasteiger partial charge in [0, 0.05) is 6.92 Å². The Morgan fingerprint density at radius 3 is 2.53 bits per heavy atom. The van der Waals surface area contributed by atoms with Gasteiger partial charge in [0.15, 0.2) is 0 Å². The summed E-state index contributed by atoms with van der Waals surface area (Å²) in [6.07, 6.45) is -1.31. The molecule has 0 aromatic heterocycles. The molecule has 1 aliphatic rings. The third kappa shape index (κ3) is 3.45. The molecular formula is C14H19NO4. The third-order valence-corrected chi connectivity index (χ3v) is 3.32. The summed E-state index contributed by atoms with van der Waals surface area (Å²) in [7, 11) is 0. The summed E-state index contributed by atoms with van der Waals surface area (Å²) in [5.74, 6) is 0.454. The zero-order valence-corrected chi connectivity index (χ0v) is 10.8. The minimum atomic E-state index is -1.01. The summed E-state index contributed by atoms with van der Waals surface area (Å²) in [4.78, 5) is 11.0. The minimum Gasteiger partial charge on any atom is -0.488 e.